The molecule has 0 saturated carbocycles. The summed E-state index contributed by atoms with van der Waals surface area (Å²) < 4.78 is 14.0. The second-order valence-corrected chi connectivity index (χ2v) is 37.2. The molecule has 0 aliphatic rings. The summed E-state index contributed by atoms with van der Waals surface area (Å²) in [5.41, 5.74) is 28.3. The third-order valence-corrected chi connectivity index (χ3v) is 28.8. The van der Waals surface area contributed by atoms with Crippen molar-refractivity contribution < 1.29 is 0 Å². The highest BCUT2D eigenvalue weighted by Crippen LogP contribution is 2.45. The first-order chi connectivity index (χ1) is 72.4. The Balaban J connectivity index is 0.000000106. The van der Waals surface area contributed by atoms with Crippen molar-refractivity contribution in [3.05, 3.63) is 522 Å². The zero-order chi connectivity index (χ0) is 96.2. The lowest BCUT2D eigenvalue weighted by molar-refractivity contribution is 1.05. The molecular weight excluding hydrogens is 1780 g/mol. The van der Waals surface area contributed by atoms with Crippen LogP contribution < -0.4 is 0 Å². The monoisotopic (exact) mass is 1860 g/mol. The van der Waals surface area contributed by atoms with Crippen LogP contribution in [0.1, 0.15) is 0 Å². The van der Waals surface area contributed by atoms with E-state index in [0.717, 1.165) is 124 Å². The molecule has 0 unspecified atom stereocenters. The summed E-state index contributed by atoms with van der Waals surface area (Å²) in [6.45, 7) is 0. The van der Waals surface area contributed by atoms with Gasteiger partial charge >= 0.3 is 0 Å². The summed E-state index contributed by atoms with van der Waals surface area (Å²) in [5, 5.41) is 19.4. The molecule has 21 aromatic carbocycles. The van der Waals surface area contributed by atoms with Crippen LogP contribution in [0.4, 0.5) is 0 Å². The highest BCUT2D eigenvalue weighted by molar-refractivity contribution is 6.17. The molecule has 0 N–H and O–H groups in total. The molecule has 12 nitrogen and oxygen atoms in total. The van der Waals surface area contributed by atoms with Gasteiger partial charge in [-0.15, -0.1) is 0 Å². The Bertz CT molecular complexity index is 10200. The second kappa shape index (κ2) is 35.2. The maximum atomic E-state index is 5.28. The molecule has 0 spiro atoms. The van der Waals surface area contributed by atoms with Gasteiger partial charge in [-0.2, -0.15) is 0 Å². The van der Waals surface area contributed by atoms with Crippen LogP contribution in [-0.4, -0.2) is 57.3 Å². The minimum atomic E-state index is 0.689. The minimum absolute atomic E-state index is 0.689. The van der Waals surface area contributed by atoms with E-state index in [1.807, 2.05) is 48.5 Å². The molecule has 9 heterocycles. The van der Waals surface area contributed by atoms with Gasteiger partial charge in [0, 0.05) is 133 Å². The normalized spacial score (nSPS) is 11.7. The van der Waals surface area contributed by atoms with Gasteiger partial charge in [0.2, 0.25) is 0 Å². The van der Waals surface area contributed by atoms with Gasteiger partial charge < -0.3 is 13.7 Å². The maximum absolute atomic E-state index is 5.28. The van der Waals surface area contributed by atoms with Crippen LogP contribution in [0.25, 0.3) is 266 Å². The van der Waals surface area contributed by atoms with Crippen molar-refractivity contribution >= 4 is 152 Å². The largest absolute Gasteiger partial charge is 0.309 e. The topological polar surface area (TPSA) is 107 Å². The summed E-state index contributed by atoms with van der Waals surface area (Å²) in [6.07, 6.45) is 0. The fourth-order valence-corrected chi connectivity index (χ4v) is 22.1. The fourth-order valence-electron chi connectivity index (χ4n) is 22.1. The molecular formula is C134H86N12. The molecule has 0 fully saturated rings. The molecule has 146 heavy (non-hydrogen) atoms. The van der Waals surface area contributed by atoms with Crippen molar-refractivity contribution in [2.45, 2.75) is 0 Å². The number of hydrogen-bond acceptors (Lipinski definition) is 6. The molecule has 30 rings (SSSR count). The van der Waals surface area contributed by atoms with E-state index < -0.39 is 0 Å². The number of fused-ring (bicyclic) bond motifs is 20. The van der Waals surface area contributed by atoms with E-state index in [4.69, 9.17) is 29.9 Å². The Kier molecular flexibility index (Phi) is 20.3. The predicted octanol–water partition coefficient (Wildman–Crippen LogP) is 34.0. The van der Waals surface area contributed by atoms with Crippen LogP contribution in [0.5, 0.6) is 0 Å². The molecule has 0 aliphatic heterocycles. The van der Waals surface area contributed by atoms with E-state index in [-0.39, 0.29) is 0 Å². The highest BCUT2D eigenvalue weighted by Gasteiger charge is 2.26. The molecule has 12 heteroatoms. The lowest BCUT2D eigenvalue weighted by Gasteiger charge is -2.13. The molecule has 0 saturated heterocycles. The minimum Gasteiger partial charge on any atom is -0.309 e. The Morgan fingerprint density at radius 3 is 0.747 bits per heavy atom. The molecule has 682 valence electrons. The first kappa shape index (κ1) is 84.3. The maximum Gasteiger partial charge on any atom is 0.162 e. The summed E-state index contributed by atoms with van der Waals surface area (Å²) in [6, 6.07) is 185. The van der Waals surface area contributed by atoms with E-state index in [2.05, 4.69) is 501 Å². The Morgan fingerprint density at radius 2 is 0.370 bits per heavy atom. The third kappa shape index (κ3) is 14.4. The van der Waals surface area contributed by atoms with Crippen LogP contribution >= 0.6 is 0 Å². The van der Waals surface area contributed by atoms with Crippen LogP contribution in [0.2, 0.25) is 0 Å². The molecule has 0 radical (unpaired) electrons. The first-order valence-corrected chi connectivity index (χ1v) is 49.5. The number of hydrogen-bond donors (Lipinski definition) is 0. The second-order valence-electron chi connectivity index (χ2n) is 37.2. The van der Waals surface area contributed by atoms with Crippen molar-refractivity contribution in [2.24, 2.45) is 0 Å². The van der Waals surface area contributed by atoms with Gasteiger partial charge in [-0.05, 0) is 148 Å². The van der Waals surface area contributed by atoms with Gasteiger partial charge in [-0.3, -0.25) is 13.7 Å². The number of benzene rings is 21. The van der Waals surface area contributed by atoms with Crippen LogP contribution in [0, 0.1) is 0 Å². The average molecular weight is 1860 g/mol. The number of nitrogens with zero attached hydrogens (tertiary/aromatic N) is 12. The SMILES string of the molecule is c1ccc(-c2ccc(-c3nc(-c4ccccc4)cc(-n4c5ccccc5c5cc(-n6c7ccccc7c7ccccc76)ccc54)n3)cc2)cc1.c1ccc(-c2nc(-c3ccc4ccccc4c3)cc(-n3c4ccccc4c4cc(-n5c6ccccc6c6ccccc65)ccc43)n2)cc1.c1ccc(-c2nc(-c3cccc4ccccc34)cc(-n3c4ccccc4c4cc(-n5c6ccccc6c6ccccc65)ccc43)n2)cc1. The van der Waals surface area contributed by atoms with Crippen molar-refractivity contribution in [2.75, 3.05) is 0 Å². The van der Waals surface area contributed by atoms with Gasteiger partial charge in [-0.25, -0.2) is 29.9 Å². The lowest BCUT2D eigenvalue weighted by atomic mass is 10.0. The zero-order valence-corrected chi connectivity index (χ0v) is 79.0. The number of para-hydroxylation sites is 9. The standard InChI is InChI=1S/C46H30N4.2C44H28N4/c1-3-13-31(14-4-1)32-23-25-34(26-24-32)46-47-40(33-15-5-2-6-16-33)30-45(48-46)50-43-22-12-9-19-38(43)39-29-35(27-28-44(39)50)49-41-20-10-7-17-36(41)37-18-8-11-21-42(37)49;1-2-14-30(15-3-1)44-45-38(33-21-12-16-29-13-4-5-17-32(29)33)28-43(46-44)48-41-24-11-8-20-36(41)37-27-31(25-26-42(37)48)47-39-22-9-6-18-34(39)35-19-7-10-23-40(35)47;1-2-13-30(14-3-1)44-45-38(32-23-22-29-12-4-5-15-31(29)26-32)28-43(46-44)48-41-21-11-8-18-36(41)37-27-33(24-25-42(37)48)47-39-19-9-6-16-34(39)35-17-7-10-20-40(35)47/h1-30H;2*1-28H. The van der Waals surface area contributed by atoms with Crippen LogP contribution in [0.15, 0.2) is 522 Å². The van der Waals surface area contributed by atoms with Crippen LogP contribution in [0.3, 0.4) is 0 Å². The zero-order valence-electron chi connectivity index (χ0n) is 79.0. The van der Waals surface area contributed by atoms with Gasteiger partial charge in [0.1, 0.15) is 17.5 Å². The Morgan fingerprint density at radius 1 is 0.123 bits per heavy atom. The lowest BCUT2D eigenvalue weighted by Crippen LogP contribution is -2.03. The average Bonchev–Trinajstić information content (AvgIpc) is 1.58. The molecule has 0 atom stereocenters. The molecule has 9 aromatic heterocycles. The number of rotatable bonds is 13. The van der Waals surface area contributed by atoms with E-state index in [1.165, 1.54) is 125 Å². The van der Waals surface area contributed by atoms with Crippen LogP contribution in [-0.2, 0) is 0 Å². The third-order valence-electron chi connectivity index (χ3n) is 28.8. The van der Waals surface area contributed by atoms with Crippen molar-refractivity contribution in [1.29, 1.82) is 0 Å². The van der Waals surface area contributed by atoms with Crippen molar-refractivity contribution in [3.8, 4) is 114 Å². The van der Waals surface area contributed by atoms with Gasteiger partial charge in [0.25, 0.3) is 0 Å². The molecule has 0 bridgehead atoms. The summed E-state index contributed by atoms with van der Waals surface area (Å²) in [7, 11) is 0. The van der Waals surface area contributed by atoms with E-state index >= 15 is 0 Å². The summed E-state index contributed by atoms with van der Waals surface area (Å²) in [4.78, 5) is 31.2. The van der Waals surface area contributed by atoms with Crippen molar-refractivity contribution in [3.63, 3.8) is 0 Å². The van der Waals surface area contributed by atoms with E-state index in [0.29, 0.717) is 17.5 Å². The highest BCUT2D eigenvalue weighted by atomic mass is 15.1. The van der Waals surface area contributed by atoms with Gasteiger partial charge in [0.05, 0.1) is 83.3 Å². The first-order valence-electron chi connectivity index (χ1n) is 49.5. The summed E-state index contributed by atoms with van der Waals surface area (Å²) in [5.74, 6) is 4.59. The Hall–Kier alpha value is -19.8. The predicted molar refractivity (Wildman–Crippen MR) is 605 cm³/mol. The molecule has 30 aromatic rings. The fraction of sp³-hybridized carbons (Fsp3) is 0. The summed E-state index contributed by atoms with van der Waals surface area (Å²) >= 11 is 0. The van der Waals surface area contributed by atoms with Gasteiger partial charge in [0.15, 0.2) is 17.5 Å². The van der Waals surface area contributed by atoms with E-state index in [9.17, 15) is 0 Å². The Labute approximate surface area is 839 Å². The van der Waals surface area contributed by atoms with E-state index in [1.54, 1.807) is 0 Å². The number of aromatic nitrogens is 12. The molecule has 0 aliphatic carbocycles. The smallest absolute Gasteiger partial charge is 0.162 e. The molecule has 0 amide bonds. The quantitative estimate of drug-likeness (QED) is 0.114. The van der Waals surface area contributed by atoms with Gasteiger partial charge in [-0.1, -0.05) is 388 Å². The van der Waals surface area contributed by atoms with Crippen molar-refractivity contribution in [1.82, 2.24) is 57.3 Å².